The first-order chi connectivity index (χ1) is 7.65. The fraction of sp³-hybridized carbons (Fsp3) is 0.250. The lowest BCUT2D eigenvalue weighted by Crippen LogP contribution is -2.45. The third-order valence-electron chi connectivity index (χ3n) is 2.02. The highest BCUT2D eigenvalue weighted by atomic mass is 19.3. The predicted molar refractivity (Wildman–Crippen MR) is 38.7 cm³/mol. The normalized spacial score (nSPS) is 29.8. The highest BCUT2D eigenvalue weighted by molar-refractivity contribution is 5.44. The van der Waals surface area contributed by atoms with Gasteiger partial charge in [-0.25, -0.2) is 26.3 Å². The second-order valence-corrected chi connectivity index (χ2v) is 2.99. The molecule has 0 saturated heterocycles. The first-order valence-electron chi connectivity index (χ1n) is 3.84. The zero-order chi connectivity index (χ0) is 13.5. The van der Waals surface area contributed by atoms with Crippen molar-refractivity contribution in [2.24, 2.45) is 0 Å². The van der Waals surface area contributed by atoms with Crippen LogP contribution in [0, 0.1) is 0 Å². The topological polar surface area (TPSA) is 20.2 Å². The molecule has 1 aliphatic carbocycles. The van der Waals surface area contributed by atoms with Crippen LogP contribution < -0.4 is 0 Å². The molecule has 2 unspecified atom stereocenters. The van der Waals surface area contributed by atoms with Crippen molar-refractivity contribution in [2.75, 3.05) is 0 Å². The predicted octanol–water partition coefficient (Wildman–Crippen LogP) is 3.45. The van der Waals surface area contributed by atoms with Gasteiger partial charge in [0, 0.05) is 0 Å². The molecule has 9 heteroatoms. The third kappa shape index (κ3) is 1.74. The summed E-state index contributed by atoms with van der Waals surface area (Å²) in [6.45, 7) is 0. The van der Waals surface area contributed by atoms with E-state index in [1.54, 1.807) is 0 Å². The highest BCUT2D eigenvalue weighted by Gasteiger charge is 2.57. The summed E-state index contributed by atoms with van der Waals surface area (Å²) in [7, 11) is 0. The monoisotopic (exact) mass is 266 g/mol. The summed E-state index contributed by atoms with van der Waals surface area (Å²) in [6.07, 6.45) is -7.25. The molecule has 0 aromatic rings. The summed E-state index contributed by atoms with van der Waals surface area (Å²) in [4.78, 5) is 0. The molecule has 17 heavy (non-hydrogen) atoms. The van der Waals surface area contributed by atoms with E-state index < -0.39 is 47.0 Å². The molecule has 0 radical (unpaired) electrons. The van der Waals surface area contributed by atoms with Crippen LogP contribution in [0.1, 0.15) is 0 Å². The van der Waals surface area contributed by atoms with Crippen molar-refractivity contribution in [2.45, 2.75) is 11.8 Å². The van der Waals surface area contributed by atoms with E-state index in [1.807, 2.05) is 0 Å². The molecular formula is C8H2F8O. The van der Waals surface area contributed by atoms with Crippen LogP contribution in [0.2, 0.25) is 0 Å². The summed E-state index contributed by atoms with van der Waals surface area (Å²) >= 11 is 0. The maximum Gasteiger partial charge on any atom is 0.305 e. The Hall–Kier alpha value is -1.38. The van der Waals surface area contributed by atoms with Gasteiger partial charge in [0.15, 0.2) is 29.5 Å². The quantitative estimate of drug-likeness (QED) is 0.721. The summed E-state index contributed by atoms with van der Waals surface area (Å²) < 4.78 is 99.7. The standard InChI is InChI=1S/C8H2F8O/c9-1-2(10)4(12)8(17,5(13)3(1)11)6(14)7(15)16/h4,17H. The summed E-state index contributed by atoms with van der Waals surface area (Å²) in [5, 5.41) is 8.90. The van der Waals surface area contributed by atoms with Crippen molar-refractivity contribution in [3.63, 3.8) is 0 Å². The minimum Gasteiger partial charge on any atom is -0.373 e. The average Bonchev–Trinajstić information content (AvgIpc) is 2.30. The van der Waals surface area contributed by atoms with Crippen LogP contribution in [0.4, 0.5) is 35.1 Å². The second kappa shape index (κ2) is 4.13. The van der Waals surface area contributed by atoms with Crippen molar-refractivity contribution in [1.29, 1.82) is 0 Å². The molecule has 1 aliphatic rings. The Labute approximate surface area is 88.3 Å². The Morgan fingerprint density at radius 1 is 1.00 bits per heavy atom. The molecule has 0 heterocycles. The van der Waals surface area contributed by atoms with Gasteiger partial charge in [-0.05, 0) is 0 Å². The fourth-order valence-electron chi connectivity index (χ4n) is 1.13. The molecule has 0 amide bonds. The summed E-state index contributed by atoms with van der Waals surface area (Å²) in [6, 6.07) is 0. The number of alkyl halides is 1. The maximum atomic E-state index is 12.9. The minimum absolute atomic E-state index is 2.66. The summed E-state index contributed by atoms with van der Waals surface area (Å²) in [5.74, 6) is -14.2. The Bertz CT molecular complexity index is 446. The number of halogens is 8. The van der Waals surface area contributed by atoms with Gasteiger partial charge in [-0.15, -0.1) is 0 Å². The van der Waals surface area contributed by atoms with Crippen LogP contribution in [0.15, 0.2) is 35.2 Å². The molecular weight excluding hydrogens is 264 g/mol. The lowest BCUT2D eigenvalue weighted by atomic mass is 9.89. The number of aliphatic hydroxyl groups is 1. The Balaban J connectivity index is 3.54. The lowest BCUT2D eigenvalue weighted by Gasteiger charge is -2.29. The molecule has 0 aromatic heterocycles. The Morgan fingerprint density at radius 2 is 1.47 bits per heavy atom. The minimum atomic E-state index is -4.54. The third-order valence-corrected chi connectivity index (χ3v) is 2.02. The number of allylic oxidation sites excluding steroid dienone is 2. The van der Waals surface area contributed by atoms with Gasteiger partial charge in [0.1, 0.15) is 0 Å². The van der Waals surface area contributed by atoms with Crippen LogP contribution in [-0.2, 0) is 0 Å². The molecule has 1 rings (SSSR count). The van der Waals surface area contributed by atoms with Gasteiger partial charge in [-0.3, -0.25) is 0 Å². The van der Waals surface area contributed by atoms with Gasteiger partial charge in [0.2, 0.25) is 11.4 Å². The van der Waals surface area contributed by atoms with E-state index in [0.717, 1.165) is 0 Å². The van der Waals surface area contributed by atoms with Crippen LogP contribution in [0.3, 0.4) is 0 Å². The van der Waals surface area contributed by atoms with Crippen molar-refractivity contribution in [3.8, 4) is 0 Å². The van der Waals surface area contributed by atoms with Crippen LogP contribution in [-0.4, -0.2) is 16.9 Å². The molecule has 96 valence electrons. The molecule has 1 N–H and O–H groups in total. The van der Waals surface area contributed by atoms with Crippen LogP contribution in [0.5, 0.6) is 0 Å². The molecule has 1 nitrogen and oxygen atoms in total. The second-order valence-electron chi connectivity index (χ2n) is 2.99. The van der Waals surface area contributed by atoms with Crippen LogP contribution in [0.25, 0.3) is 0 Å². The van der Waals surface area contributed by atoms with Crippen molar-refractivity contribution in [3.05, 3.63) is 35.2 Å². The van der Waals surface area contributed by atoms with Gasteiger partial charge in [-0.1, -0.05) is 0 Å². The fourth-order valence-corrected chi connectivity index (χ4v) is 1.13. The molecule has 2 atom stereocenters. The van der Waals surface area contributed by atoms with Gasteiger partial charge in [-0.2, -0.15) is 8.78 Å². The van der Waals surface area contributed by atoms with Crippen molar-refractivity contribution >= 4 is 0 Å². The smallest absolute Gasteiger partial charge is 0.305 e. The summed E-state index contributed by atoms with van der Waals surface area (Å²) in [5.41, 5.74) is -4.54. The number of hydrogen-bond acceptors (Lipinski definition) is 1. The van der Waals surface area contributed by atoms with Crippen molar-refractivity contribution in [1.82, 2.24) is 0 Å². The molecule has 0 bridgehead atoms. The first kappa shape index (κ1) is 13.7. The highest BCUT2D eigenvalue weighted by Crippen LogP contribution is 2.46. The van der Waals surface area contributed by atoms with E-state index in [9.17, 15) is 35.1 Å². The van der Waals surface area contributed by atoms with Gasteiger partial charge >= 0.3 is 6.08 Å². The van der Waals surface area contributed by atoms with Crippen LogP contribution >= 0.6 is 0 Å². The molecule has 0 spiro atoms. The van der Waals surface area contributed by atoms with Gasteiger partial charge < -0.3 is 5.11 Å². The number of rotatable bonds is 1. The maximum absolute atomic E-state index is 12.9. The molecule has 0 saturated carbocycles. The lowest BCUT2D eigenvalue weighted by molar-refractivity contribution is -0.0140. The largest absolute Gasteiger partial charge is 0.373 e. The molecule has 0 aliphatic heterocycles. The van der Waals surface area contributed by atoms with Crippen molar-refractivity contribution < 1.29 is 40.2 Å². The number of hydrogen-bond donors (Lipinski definition) is 1. The van der Waals surface area contributed by atoms with E-state index in [-0.39, 0.29) is 0 Å². The van der Waals surface area contributed by atoms with Gasteiger partial charge in [0.05, 0.1) is 0 Å². The van der Waals surface area contributed by atoms with E-state index in [4.69, 9.17) is 5.11 Å². The van der Waals surface area contributed by atoms with E-state index in [2.05, 4.69) is 0 Å². The zero-order valence-electron chi connectivity index (χ0n) is 7.55. The van der Waals surface area contributed by atoms with E-state index in [1.165, 1.54) is 0 Å². The Kier molecular flexibility index (Phi) is 3.33. The van der Waals surface area contributed by atoms with E-state index in [0.29, 0.717) is 0 Å². The van der Waals surface area contributed by atoms with E-state index >= 15 is 0 Å². The molecule has 0 aromatic carbocycles. The average molecular weight is 266 g/mol. The first-order valence-corrected chi connectivity index (χ1v) is 3.84. The van der Waals surface area contributed by atoms with Gasteiger partial charge in [0.25, 0.3) is 0 Å². The SMILES string of the molecule is OC1(C(F)=C(F)F)C(F)=C(F)C(F)=C(F)C1F. The zero-order valence-corrected chi connectivity index (χ0v) is 7.55. The molecule has 0 fully saturated rings. The Morgan fingerprint density at radius 3 is 1.88 bits per heavy atom.